The minimum atomic E-state index is -0.380. The normalized spacial score (nSPS) is 12.2. The van der Waals surface area contributed by atoms with E-state index in [-0.39, 0.29) is 16.7 Å². The van der Waals surface area contributed by atoms with E-state index < -0.39 is 0 Å². The third-order valence-electron chi connectivity index (χ3n) is 2.70. The monoisotopic (exact) mass is 238 g/mol. The highest BCUT2D eigenvalue weighted by Crippen LogP contribution is 2.23. The molecule has 5 nitrogen and oxygen atoms in total. The summed E-state index contributed by atoms with van der Waals surface area (Å²) in [4.78, 5) is 12.3. The predicted molar refractivity (Wildman–Crippen MR) is 67.4 cm³/mol. The molecule has 0 spiro atoms. The molecule has 1 aromatic rings. The molecule has 1 rings (SSSR count). The maximum Gasteiger partial charge on any atom is 0.272 e. The van der Waals surface area contributed by atoms with Gasteiger partial charge < -0.3 is 10.0 Å². The van der Waals surface area contributed by atoms with Crippen molar-refractivity contribution in [3.05, 3.63) is 33.9 Å². The van der Waals surface area contributed by atoms with Crippen molar-refractivity contribution in [3.8, 4) is 0 Å². The van der Waals surface area contributed by atoms with E-state index in [4.69, 9.17) is 0 Å². The van der Waals surface area contributed by atoms with Gasteiger partial charge in [0.25, 0.3) is 5.69 Å². The highest BCUT2D eigenvalue weighted by molar-refractivity contribution is 5.54. The summed E-state index contributed by atoms with van der Waals surface area (Å²) in [6.45, 7) is 4.19. The molecule has 1 atom stereocenters. The zero-order valence-corrected chi connectivity index (χ0v) is 10.4. The predicted octanol–water partition coefficient (Wildman–Crippen LogP) is 2.11. The van der Waals surface area contributed by atoms with Crippen LogP contribution < -0.4 is 4.90 Å². The molecule has 0 aliphatic rings. The van der Waals surface area contributed by atoms with Gasteiger partial charge in [0, 0.05) is 30.9 Å². The fourth-order valence-corrected chi connectivity index (χ4v) is 1.59. The van der Waals surface area contributed by atoms with Crippen LogP contribution in [0.3, 0.4) is 0 Å². The Morgan fingerprint density at radius 2 is 2.18 bits per heavy atom. The molecule has 0 radical (unpaired) electrons. The number of hydrogen-bond donors (Lipinski definition) is 1. The molecule has 0 heterocycles. The second-order valence-electron chi connectivity index (χ2n) is 4.29. The summed E-state index contributed by atoms with van der Waals surface area (Å²) in [5.74, 6) is 0. The van der Waals surface area contributed by atoms with E-state index >= 15 is 0 Å². The number of nitro benzene ring substituents is 1. The number of rotatable bonds is 5. The van der Waals surface area contributed by atoms with Crippen LogP contribution in [-0.4, -0.2) is 29.7 Å². The number of aliphatic hydroxyl groups excluding tert-OH is 1. The summed E-state index contributed by atoms with van der Waals surface area (Å²) in [6, 6.07) is 5.04. The Bertz CT molecular complexity index is 405. The number of hydrogen-bond acceptors (Lipinski definition) is 4. The zero-order valence-electron chi connectivity index (χ0n) is 10.4. The number of aryl methyl sites for hydroxylation is 1. The number of aliphatic hydroxyl groups is 1. The van der Waals surface area contributed by atoms with Gasteiger partial charge in [-0.15, -0.1) is 0 Å². The van der Waals surface area contributed by atoms with Gasteiger partial charge in [-0.2, -0.15) is 0 Å². The minimum absolute atomic E-state index is 0.137. The average Bonchev–Trinajstić information content (AvgIpc) is 2.25. The molecule has 1 unspecified atom stereocenters. The van der Waals surface area contributed by atoms with Crippen molar-refractivity contribution < 1.29 is 10.0 Å². The number of benzene rings is 1. The van der Waals surface area contributed by atoms with E-state index in [9.17, 15) is 15.2 Å². The van der Waals surface area contributed by atoms with Gasteiger partial charge in [-0.25, -0.2) is 0 Å². The highest BCUT2D eigenvalue weighted by atomic mass is 16.6. The van der Waals surface area contributed by atoms with Gasteiger partial charge in [0.05, 0.1) is 11.0 Å². The van der Waals surface area contributed by atoms with Crippen LogP contribution in [0.4, 0.5) is 11.4 Å². The maximum atomic E-state index is 10.7. The van der Waals surface area contributed by atoms with Crippen molar-refractivity contribution in [1.29, 1.82) is 0 Å². The molecule has 0 fully saturated rings. The van der Waals surface area contributed by atoms with Crippen LogP contribution in [0.1, 0.15) is 18.9 Å². The van der Waals surface area contributed by atoms with Gasteiger partial charge >= 0.3 is 0 Å². The molecule has 0 bridgehead atoms. The van der Waals surface area contributed by atoms with Gasteiger partial charge in [-0.1, -0.05) is 0 Å². The highest BCUT2D eigenvalue weighted by Gasteiger charge is 2.11. The van der Waals surface area contributed by atoms with Gasteiger partial charge in [0.2, 0.25) is 0 Å². The summed E-state index contributed by atoms with van der Waals surface area (Å²) in [5, 5.41) is 19.9. The standard InChI is InChI=1S/C12H18N2O3/c1-9-8-11(4-5-12(9)14(16)17)13(3)7-6-10(2)15/h4-5,8,10,15H,6-7H2,1-3H3. The van der Waals surface area contributed by atoms with Crippen molar-refractivity contribution in [2.24, 2.45) is 0 Å². The molecular formula is C12H18N2O3. The Morgan fingerprint density at radius 1 is 1.53 bits per heavy atom. The van der Waals surface area contributed by atoms with Crippen LogP contribution >= 0.6 is 0 Å². The Hall–Kier alpha value is -1.62. The molecule has 1 N–H and O–H groups in total. The molecule has 94 valence electrons. The molecule has 0 saturated carbocycles. The maximum absolute atomic E-state index is 10.7. The Morgan fingerprint density at radius 3 is 2.65 bits per heavy atom. The number of anilines is 1. The molecule has 17 heavy (non-hydrogen) atoms. The summed E-state index contributed by atoms with van der Waals surface area (Å²) < 4.78 is 0. The lowest BCUT2D eigenvalue weighted by atomic mass is 10.1. The molecule has 5 heteroatoms. The lowest BCUT2D eigenvalue weighted by Gasteiger charge is -2.20. The lowest BCUT2D eigenvalue weighted by molar-refractivity contribution is -0.385. The molecule has 1 aromatic carbocycles. The van der Waals surface area contributed by atoms with E-state index in [1.54, 1.807) is 26.0 Å². The van der Waals surface area contributed by atoms with Gasteiger partial charge in [-0.3, -0.25) is 10.1 Å². The Kier molecular flexibility index (Phi) is 4.45. The molecule has 0 saturated heterocycles. The largest absolute Gasteiger partial charge is 0.393 e. The first-order valence-corrected chi connectivity index (χ1v) is 5.56. The third kappa shape index (κ3) is 3.71. The second kappa shape index (κ2) is 5.63. The van der Waals surface area contributed by atoms with Crippen LogP contribution in [0, 0.1) is 17.0 Å². The van der Waals surface area contributed by atoms with E-state index in [0.717, 1.165) is 12.2 Å². The van der Waals surface area contributed by atoms with Crippen LogP contribution in [0.15, 0.2) is 18.2 Å². The Labute approximate surface area is 101 Å². The topological polar surface area (TPSA) is 66.6 Å². The second-order valence-corrected chi connectivity index (χ2v) is 4.29. The summed E-state index contributed by atoms with van der Waals surface area (Å²) in [5.41, 5.74) is 1.71. The van der Waals surface area contributed by atoms with Gasteiger partial charge in [-0.05, 0) is 32.4 Å². The Balaban J connectivity index is 2.79. The number of nitro groups is 1. The van der Waals surface area contributed by atoms with Crippen molar-refractivity contribution in [2.45, 2.75) is 26.4 Å². The molecule has 0 aliphatic heterocycles. The van der Waals surface area contributed by atoms with Crippen molar-refractivity contribution in [1.82, 2.24) is 0 Å². The number of nitrogens with zero attached hydrogens (tertiary/aromatic N) is 2. The smallest absolute Gasteiger partial charge is 0.272 e. The van der Waals surface area contributed by atoms with Crippen molar-refractivity contribution >= 4 is 11.4 Å². The molecule has 0 amide bonds. The average molecular weight is 238 g/mol. The van der Waals surface area contributed by atoms with Crippen LogP contribution in [0.25, 0.3) is 0 Å². The summed E-state index contributed by atoms with van der Waals surface area (Å²) in [7, 11) is 1.91. The van der Waals surface area contributed by atoms with Gasteiger partial charge in [0.15, 0.2) is 0 Å². The van der Waals surface area contributed by atoms with Crippen LogP contribution in [0.2, 0.25) is 0 Å². The first kappa shape index (κ1) is 13.4. The lowest BCUT2D eigenvalue weighted by Crippen LogP contribution is -2.21. The fourth-order valence-electron chi connectivity index (χ4n) is 1.59. The minimum Gasteiger partial charge on any atom is -0.393 e. The SMILES string of the molecule is Cc1cc(N(C)CCC(C)O)ccc1[N+](=O)[O-]. The van der Waals surface area contributed by atoms with Crippen LogP contribution in [-0.2, 0) is 0 Å². The first-order chi connectivity index (χ1) is 7.91. The third-order valence-corrected chi connectivity index (χ3v) is 2.70. The van der Waals surface area contributed by atoms with E-state index in [1.807, 2.05) is 11.9 Å². The molecule has 0 aliphatic carbocycles. The van der Waals surface area contributed by atoms with E-state index in [1.165, 1.54) is 6.07 Å². The van der Waals surface area contributed by atoms with E-state index in [2.05, 4.69) is 0 Å². The van der Waals surface area contributed by atoms with Crippen molar-refractivity contribution in [3.63, 3.8) is 0 Å². The zero-order chi connectivity index (χ0) is 13.0. The summed E-state index contributed by atoms with van der Waals surface area (Å²) >= 11 is 0. The fraction of sp³-hybridized carbons (Fsp3) is 0.500. The first-order valence-electron chi connectivity index (χ1n) is 5.56. The van der Waals surface area contributed by atoms with E-state index in [0.29, 0.717) is 12.0 Å². The molecule has 0 aromatic heterocycles. The van der Waals surface area contributed by atoms with Crippen LogP contribution in [0.5, 0.6) is 0 Å². The summed E-state index contributed by atoms with van der Waals surface area (Å²) in [6.07, 6.45) is 0.337. The quantitative estimate of drug-likeness (QED) is 0.630. The van der Waals surface area contributed by atoms with Gasteiger partial charge in [0.1, 0.15) is 0 Å². The molecular weight excluding hydrogens is 220 g/mol. The van der Waals surface area contributed by atoms with Crippen molar-refractivity contribution in [2.75, 3.05) is 18.5 Å².